The van der Waals surface area contributed by atoms with E-state index >= 15 is 0 Å². The van der Waals surface area contributed by atoms with Crippen molar-refractivity contribution in [3.05, 3.63) is 45.6 Å². The molecule has 1 aromatic carbocycles. The number of hydrogen-bond donors (Lipinski definition) is 0. The van der Waals surface area contributed by atoms with E-state index in [1.165, 1.54) is 0 Å². The first-order valence-corrected chi connectivity index (χ1v) is 4.60. The molecule has 1 aromatic heterocycles. The van der Waals surface area contributed by atoms with Crippen LogP contribution in [-0.2, 0) is 0 Å². The van der Waals surface area contributed by atoms with Crippen molar-refractivity contribution in [3.63, 3.8) is 0 Å². The third kappa shape index (κ3) is 1.44. The summed E-state index contributed by atoms with van der Waals surface area (Å²) in [5, 5.41) is 11.7. The number of nitro groups is 1. The highest BCUT2D eigenvalue weighted by atomic mass is 16.6. The van der Waals surface area contributed by atoms with E-state index in [1.807, 2.05) is 13.0 Å². The smallest absolute Gasteiger partial charge is 0.258 e. The van der Waals surface area contributed by atoms with Gasteiger partial charge >= 0.3 is 0 Å². The molecule has 0 atom stereocenters. The average Bonchev–Trinajstić information content (AvgIpc) is 2.23. The van der Waals surface area contributed by atoms with Crippen LogP contribution in [0.4, 0.5) is 5.69 Å². The molecule has 0 saturated carbocycles. The Morgan fingerprint density at radius 3 is 2.80 bits per heavy atom. The second kappa shape index (κ2) is 3.31. The van der Waals surface area contributed by atoms with E-state index in [0.29, 0.717) is 5.56 Å². The summed E-state index contributed by atoms with van der Waals surface area (Å²) >= 11 is 0. The molecule has 4 heteroatoms. The lowest BCUT2D eigenvalue weighted by Gasteiger charge is -2.05. The summed E-state index contributed by atoms with van der Waals surface area (Å²) in [5.41, 5.74) is 2.50. The lowest BCUT2D eigenvalue weighted by molar-refractivity contribution is -0.385. The molecule has 0 aliphatic heterocycles. The van der Waals surface area contributed by atoms with Gasteiger partial charge in [0, 0.05) is 23.2 Å². The van der Waals surface area contributed by atoms with Gasteiger partial charge in [0.05, 0.1) is 10.4 Å². The minimum absolute atomic E-state index is 0.160. The fourth-order valence-electron chi connectivity index (χ4n) is 1.73. The zero-order valence-corrected chi connectivity index (χ0v) is 8.52. The molecule has 2 aromatic rings. The Balaban J connectivity index is 2.90. The maximum absolute atomic E-state index is 10.8. The Kier molecular flexibility index (Phi) is 2.11. The van der Waals surface area contributed by atoms with E-state index in [-0.39, 0.29) is 10.6 Å². The van der Waals surface area contributed by atoms with Crippen molar-refractivity contribution in [3.8, 4) is 0 Å². The predicted molar refractivity (Wildman–Crippen MR) is 57.9 cm³/mol. The summed E-state index contributed by atoms with van der Waals surface area (Å²) in [4.78, 5) is 14.7. The Hall–Kier alpha value is -1.97. The molecule has 0 aliphatic carbocycles. The summed E-state index contributed by atoms with van der Waals surface area (Å²) < 4.78 is 0. The predicted octanol–water partition coefficient (Wildman–Crippen LogP) is 2.76. The first kappa shape index (κ1) is 9.58. The molecule has 0 radical (unpaired) electrons. The van der Waals surface area contributed by atoms with E-state index in [0.717, 1.165) is 16.5 Å². The normalized spacial score (nSPS) is 10.5. The minimum Gasteiger partial charge on any atom is -0.258 e. The van der Waals surface area contributed by atoms with Crippen molar-refractivity contribution in [1.29, 1.82) is 0 Å². The molecule has 0 saturated heterocycles. The van der Waals surface area contributed by atoms with Crippen LogP contribution in [0.3, 0.4) is 0 Å². The largest absolute Gasteiger partial charge is 0.273 e. The van der Waals surface area contributed by atoms with Crippen LogP contribution in [0.25, 0.3) is 10.9 Å². The first-order valence-electron chi connectivity index (χ1n) is 4.60. The van der Waals surface area contributed by atoms with Gasteiger partial charge in [-0.25, -0.2) is 0 Å². The number of benzene rings is 1. The summed E-state index contributed by atoms with van der Waals surface area (Å²) in [6.45, 7) is 3.59. The number of aromatic nitrogens is 1. The van der Waals surface area contributed by atoms with Gasteiger partial charge in [-0.3, -0.25) is 15.1 Å². The molecular weight excluding hydrogens is 192 g/mol. The van der Waals surface area contributed by atoms with Gasteiger partial charge in [-0.15, -0.1) is 0 Å². The number of nitro benzene ring substituents is 1. The number of rotatable bonds is 1. The monoisotopic (exact) mass is 202 g/mol. The van der Waals surface area contributed by atoms with Gasteiger partial charge in [0.1, 0.15) is 0 Å². The molecule has 15 heavy (non-hydrogen) atoms. The molecule has 76 valence electrons. The van der Waals surface area contributed by atoms with Crippen LogP contribution in [0.2, 0.25) is 0 Å². The van der Waals surface area contributed by atoms with Crippen LogP contribution in [0.5, 0.6) is 0 Å². The minimum atomic E-state index is -0.352. The van der Waals surface area contributed by atoms with Gasteiger partial charge in [0.2, 0.25) is 0 Å². The number of hydrogen-bond acceptors (Lipinski definition) is 3. The van der Waals surface area contributed by atoms with Crippen LogP contribution < -0.4 is 0 Å². The van der Waals surface area contributed by atoms with Crippen molar-refractivity contribution in [2.45, 2.75) is 13.8 Å². The summed E-state index contributed by atoms with van der Waals surface area (Å²) in [6.07, 6.45) is 1.70. The standard InChI is InChI=1S/C11H10N2O2/c1-7-6-10(13(14)15)8(2)9-4-3-5-12-11(7)9/h3-6H,1-2H3. The second-order valence-corrected chi connectivity index (χ2v) is 3.49. The van der Waals surface area contributed by atoms with Crippen molar-refractivity contribution in [2.75, 3.05) is 0 Å². The van der Waals surface area contributed by atoms with Gasteiger partial charge < -0.3 is 0 Å². The molecule has 4 nitrogen and oxygen atoms in total. The molecule has 1 heterocycles. The Bertz CT molecular complexity index is 550. The molecule has 0 aliphatic rings. The van der Waals surface area contributed by atoms with E-state index < -0.39 is 0 Å². The number of pyridine rings is 1. The lowest BCUT2D eigenvalue weighted by atomic mass is 10.0. The molecule has 2 rings (SSSR count). The Morgan fingerprint density at radius 2 is 2.13 bits per heavy atom. The van der Waals surface area contributed by atoms with Crippen LogP contribution in [0.15, 0.2) is 24.4 Å². The maximum atomic E-state index is 10.8. The molecule has 0 bridgehead atoms. The van der Waals surface area contributed by atoms with Crippen molar-refractivity contribution in [1.82, 2.24) is 4.98 Å². The highest BCUT2D eigenvalue weighted by Crippen LogP contribution is 2.28. The van der Waals surface area contributed by atoms with Crippen LogP contribution in [0, 0.1) is 24.0 Å². The molecule has 0 spiro atoms. The fraction of sp³-hybridized carbons (Fsp3) is 0.182. The van der Waals surface area contributed by atoms with Gasteiger partial charge in [-0.05, 0) is 25.5 Å². The third-order valence-electron chi connectivity index (χ3n) is 2.52. The molecule has 0 fully saturated rings. The van der Waals surface area contributed by atoms with Crippen molar-refractivity contribution >= 4 is 16.6 Å². The van der Waals surface area contributed by atoms with Gasteiger partial charge in [-0.1, -0.05) is 6.07 Å². The molecule has 0 N–H and O–H groups in total. The highest BCUT2D eigenvalue weighted by Gasteiger charge is 2.15. The average molecular weight is 202 g/mol. The molecule has 0 amide bonds. The SMILES string of the molecule is Cc1c([N+](=O)[O-])cc(C)c2ncccc12. The van der Waals surface area contributed by atoms with Crippen LogP contribution in [-0.4, -0.2) is 9.91 Å². The second-order valence-electron chi connectivity index (χ2n) is 3.49. The van der Waals surface area contributed by atoms with Crippen molar-refractivity contribution in [2.24, 2.45) is 0 Å². The quantitative estimate of drug-likeness (QED) is 0.527. The van der Waals surface area contributed by atoms with Crippen LogP contribution >= 0.6 is 0 Å². The van der Waals surface area contributed by atoms with E-state index in [2.05, 4.69) is 4.98 Å². The zero-order valence-electron chi connectivity index (χ0n) is 8.52. The molecule has 0 unspecified atom stereocenters. The number of fused-ring (bicyclic) bond motifs is 1. The van der Waals surface area contributed by atoms with E-state index in [4.69, 9.17) is 0 Å². The first-order chi connectivity index (χ1) is 7.11. The van der Waals surface area contributed by atoms with E-state index in [1.54, 1.807) is 25.3 Å². The zero-order chi connectivity index (χ0) is 11.0. The van der Waals surface area contributed by atoms with Crippen molar-refractivity contribution < 1.29 is 4.92 Å². The summed E-state index contributed by atoms with van der Waals surface area (Å²) in [7, 11) is 0. The fourth-order valence-corrected chi connectivity index (χ4v) is 1.73. The third-order valence-corrected chi connectivity index (χ3v) is 2.52. The summed E-state index contributed by atoms with van der Waals surface area (Å²) in [5.74, 6) is 0. The Morgan fingerprint density at radius 1 is 1.40 bits per heavy atom. The van der Waals surface area contributed by atoms with Crippen LogP contribution in [0.1, 0.15) is 11.1 Å². The lowest BCUT2D eigenvalue weighted by Crippen LogP contribution is -1.95. The molecular formula is C11H10N2O2. The number of aryl methyl sites for hydroxylation is 2. The topological polar surface area (TPSA) is 56.0 Å². The maximum Gasteiger partial charge on any atom is 0.273 e. The highest BCUT2D eigenvalue weighted by molar-refractivity contribution is 5.87. The van der Waals surface area contributed by atoms with E-state index in [9.17, 15) is 10.1 Å². The van der Waals surface area contributed by atoms with Gasteiger partial charge in [-0.2, -0.15) is 0 Å². The Labute approximate surface area is 86.7 Å². The summed E-state index contributed by atoms with van der Waals surface area (Å²) in [6, 6.07) is 5.22. The van der Waals surface area contributed by atoms with Gasteiger partial charge in [0.15, 0.2) is 0 Å². The number of nitrogens with zero attached hydrogens (tertiary/aromatic N) is 2. The van der Waals surface area contributed by atoms with Gasteiger partial charge in [0.25, 0.3) is 5.69 Å².